The summed E-state index contributed by atoms with van der Waals surface area (Å²) in [7, 11) is 0. The summed E-state index contributed by atoms with van der Waals surface area (Å²) in [5.41, 5.74) is 3.57. The highest BCUT2D eigenvalue weighted by Crippen LogP contribution is 2.44. The topological polar surface area (TPSA) is 129 Å². The number of hydrogen-bond donors (Lipinski definition) is 2. The predicted molar refractivity (Wildman–Crippen MR) is 187 cm³/mol. The van der Waals surface area contributed by atoms with E-state index in [1.807, 2.05) is 72.7 Å². The molecule has 1 unspecified atom stereocenters. The normalized spacial score (nSPS) is 18.2. The number of esters is 1. The Morgan fingerprint density at radius 1 is 1.00 bits per heavy atom. The molecule has 1 fully saturated rings. The van der Waals surface area contributed by atoms with Crippen LogP contribution in [-0.2, 0) is 20.7 Å². The van der Waals surface area contributed by atoms with Gasteiger partial charge in [-0.2, -0.15) is 0 Å². The van der Waals surface area contributed by atoms with E-state index in [0.29, 0.717) is 36.0 Å². The van der Waals surface area contributed by atoms with E-state index in [0.717, 1.165) is 90.3 Å². The zero-order valence-corrected chi connectivity index (χ0v) is 29.9. The van der Waals surface area contributed by atoms with E-state index in [4.69, 9.17) is 18.9 Å². The van der Waals surface area contributed by atoms with Crippen LogP contribution in [-0.4, -0.2) is 47.6 Å². The monoisotopic (exact) mass is 680 g/mol. The van der Waals surface area contributed by atoms with Crippen LogP contribution < -0.4 is 24.8 Å². The van der Waals surface area contributed by atoms with Crippen LogP contribution in [0.5, 0.6) is 17.2 Å². The Hall–Kier alpha value is -3.99. The van der Waals surface area contributed by atoms with Crippen molar-refractivity contribution >= 4 is 41.0 Å². The smallest absolute Gasteiger partial charge is 0.407 e. The minimum atomic E-state index is -0.555. The van der Waals surface area contributed by atoms with Crippen LogP contribution in [0.3, 0.4) is 0 Å². The van der Waals surface area contributed by atoms with Gasteiger partial charge in [-0.3, -0.25) is 19.7 Å². The first-order valence-electron chi connectivity index (χ1n) is 16.6. The maximum atomic E-state index is 12.8. The van der Waals surface area contributed by atoms with Crippen molar-refractivity contribution in [2.24, 2.45) is 0 Å². The second-order valence-corrected chi connectivity index (χ2v) is 14.7. The number of rotatable bonds is 13. The van der Waals surface area contributed by atoms with Crippen LogP contribution in [0.15, 0.2) is 29.2 Å². The van der Waals surface area contributed by atoms with Gasteiger partial charge in [-0.15, -0.1) is 0 Å². The Labute approximate surface area is 287 Å². The molecule has 2 aromatic carbocycles. The molecule has 1 saturated heterocycles. The minimum Gasteiger partial charge on any atom is -0.489 e. The Balaban J connectivity index is 1.24. The number of unbranched alkanes of at least 4 members (excludes halogenated alkanes) is 4. The molecule has 3 amide bonds. The zero-order valence-electron chi connectivity index (χ0n) is 29.1. The average Bonchev–Trinajstić information content (AvgIpc) is 3.33. The molecule has 48 heavy (non-hydrogen) atoms. The van der Waals surface area contributed by atoms with Gasteiger partial charge in [-0.1, -0.05) is 31.4 Å². The number of nitrogens with one attached hydrogen (secondary N) is 2. The summed E-state index contributed by atoms with van der Waals surface area (Å²) in [5, 5.41) is 4.66. The molecule has 0 aromatic heterocycles. The van der Waals surface area contributed by atoms with E-state index < -0.39 is 17.3 Å². The van der Waals surface area contributed by atoms with Crippen LogP contribution >= 0.6 is 11.8 Å². The average molecular weight is 681 g/mol. The quantitative estimate of drug-likeness (QED) is 0.0940. The van der Waals surface area contributed by atoms with Crippen molar-refractivity contribution in [2.45, 2.75) is 111 Å². The van der Waals surface area contributed by atoms with Crippen molar-refractivity contribution in [3.8, 4) is 17.2 Å². The van der Waals surface area contributed by atoms with Gasteiger partial charge in [0.05, 0.1) is 4.91 Å². The molecule has 2 N–H and O–H groups in total. The maximum absolute atomic E-state index is 12.8. The fourth-order valence-electron chi connectivity index (χ4n) is 5.60. The van der Waals surface area contributed by atoms with Crippen LogP contribution in [0.25, 0.3) is 6.08 Å². The summed E-state index contributed by atoms with van der Waals surface area (Å²) in [6, 6.07) is 7.34. The molecule has 0 aliphatic carbocycles. The number of carbonyl (C=O) groups excluding carboxylic acids is 4. The van der Waals surface area contributed by atoms with Crippen molar-refractivity contribution in [1.29, 1.82) is 0 Å². The van der Waals surface area contributed by atoms with Crippen molar-refractivity contribution < 1.29 is 38.1 Å². The van der Waals surface area contributed by atoms with E-state index in [-0.39, 0.29) is 17.1 Å². The van der Waals surface area contributed by atoms with Gasteiger partial charge in [0.25, 0.3) is 11.1 Å². The summed E-state index contributed by atoms with van der Waals surface area (Å²) in [6.07, 6.45) is 7.60. The zero-order chi connectivity index (χ0) is 35.1. The number of hydrogen-bond acceptors (Lipinski definition) is 9. The maximum Gasteiger partial charge on any atom is 0.407 e. The number of ether oxygens (including phenoxy) is 4. The molecule has 0 bridgehead atoms. The van der Waals surface area contributed by atoms with Crippen LogP contribution in [0.1, 0.15) is 100 Å². The van der Waals surface area contributed by atoms with Crippen molar-refractivity contribution in [3.05, 3.63) is 57.0 Å². The molecule has 2 heterocycles. The Kier molecular flexibility index (Phi) is 12.2. The van der Waals surface area contributed by atoms with Gasteiger partial charge >= 0.3 is 12.1 Å². The molecule has 10 nitrogen and oxygen atoms in total. The highest BCUT2D eigenvalue weighted by Gasteiger charge is 2.36. The van der Waals surface area contributed by atoms with Crippen molar-refractivity contribution in [3.63, 3.8) is 0 Å². The summed E-state index contributed by atoms with van der Waals surface area (Å²) < 4.78 is 23.9. The molecule has 4 rings (SSSR count). The fourth-order valence-corrected chi connectivity index (χ4v) is 6.28. The molecular weight excluding hydrogens is 632 g/mol. The molecule has 0 radical (unpaired) electrons. The third-order valence-electron chi connectivity index (χ3n) is 8.37. The molecule has 0 saturated carbocycles. The summed E-state index contributed by atoms with van der Waals surface area (Å²) in [6.45, 7) is 14.4. The largest absolute Gasteiger partial charge is 0.489 e. The molecule has 2 aromatic rings. The number of alkyl carbamates (subject to hydrolysis) is 1. The summed E-state index contributed by atoms with van der Waals surface area (Å²) in [5.74, 6) is 1.51. The molecule has 11 heteroatoms. The lowest BCUT2D eigenvalue weighted by atomic mass is 9.87. The lowest BCUT2D eigenvalue weighted by Gasteiger charge is -2.37. The van der Waals surface area contributed by atoms with Gasteiger partial charge < -0.3 is 24.3 Å². The molecule has 0 spiro atoms. The number of amides is 3. The van der Waals surface area contributed by atoms with E-state index >= 15 is 0 Å². The molecule has 2 aliphatic heterocycles. The second-order valence-electron chi connectivity index (χ2n) is 13.7. The molecular formula is C37H48N2O8S. The van der Waals surface area contributed by atoms with Crippen molar-refractivity contribution in [1.82, 2.24) is 10.6 Å². The molecule has 2 aliphatic rings. The van der Waals surface area contributed by atoms with Gasteiger partial charge in [0.2, 0.25) is 0 Å². The van der Waals surface area contributed by atoms with E-state index in [1.54, 1.807) is 6.08 Å². The van der Waals surface area contributed by atoms with Crippen LogP contribution in [0, 0.1) is 20.8 Å². The Bertz CT molecular complexity index is 1560. The number of thioether (sulfide) groups is 1. The molecule has 260 valence electrons. The highest BCUT2D eigenvalue weighted by molar-refractivity contribution is 8.18. The number of carbonyl (C=O) groups is 4. The number of benzene rings is 2. The van der Waals surface area contributed by atoms with Gasteiger partial charge in [-0.25, -0.2) is 4.79 Å². The summed E-state index contributed by atoms with van der Waals surface area (Å²) in [4.78, 5) is 48.1. The van der Waals surface area contributed by atoms with Crippen LogP contribution in [0.2, 0.25) is 0 Å². The van der Waals surface area contributed by atoms with E-state index in [9.17, 15) is 19.2 Å². The minimum absolute atomic E-state index is 0.233. The third-order valence-corrected chi connectivity index (χ3v) is 9.18. The first-order chi connectivity index (χ1) is 22.6. The Morgan fingerprint density at radius 2 is 1.69 bits per heavy atom. The highest BCUT2D eigenvalue weighted by atomic mass is 32.2. The fraction of sp³-hybridized carbons (Fsp3) is 0.514. The predicted octanol–water partition coefficient (Wildman–Crippen LogP) is 7.87. The van der Waals surface area contributed by atoms with Crippen molar-refractivity contribution in [2.75, 3.05) is 13.2 Å². The third kappa shape index (κ3) is 10.3. The van der Waals surface area contributed by atoms with Gasteiger partial charge in [0.15, 0.2) is 0 Å². The van der Waals surface area contributed by atoms with Gasteiger partial charge in [0.1, 0.15) is 35.1 Å². The number of imide groups is 1. The first kappa shape index (κ1) is 36.8. The van der Waals surface area contributed by atoms with E-state index in [1.165, 1.54) is 0 Å². The Morgan fingerprint density at radius 3 is 2.35 bits per heavy atom. The van der Waals surface area contributed by atoms with Gasteiger partial charge in [-0.05, 0) is 126 Å². The van der Waals surface area contributed by atoms with Gasteiger partial charge in [0, 0.05) is 18.5 Å². The van der Waals surface area contributed by atoms with Crippen LogP contribution in [0.4, 0.5) is 9.59 Å². The standard InChI is InChI=1S/C37H48N2O8S/c1-23-24(2)32-28(25(3)31(23)45-30(40)13-11-9-8-10-12-20-38-34(42)47-36(4,5)6)18-19-37(7,46-32)22-44-27-16-14-26(15-17-27)21-29-33(41)39-35(43)48-29/h14-17,21H,8-13,18-20,22H2,1-7H3,(H,38,42)(H,39,41,43)/b29-21-. The molecule has 1 atom stereocenters. The summed E-state index contributed by atoms with van der Waals surface area (Å²) >= 11 is 0.887. The second kappa shape index (κ2) is 15.9. The van der Waals surface area contributed by atoms with E-state index in [2.05, 4.69) is 10.6 Å². The SMILES string of the molecule is Cc1c(C)c2c(c(C)c1OC(=O)CCCCCCCNC(=O)OC(C)(C)C)CCC(C)(COc1ccc(/C=C3\SC(=O)NC3=O)cc1)O2. The first-order valence-corrected chi connectivity index (χ1v) is 17.4. The number of fused-ring (bicyclic) bond motifs is 1. The lowest BCUT2D eigenvalue weighted by Crippen LogP contribution is -2.42. The lowest BCUT2D eigenvalue weighted by molar-refractivity contribution is -0.134.